The van der Waals surface area contributed by atoms with E-state index in [0.717, 1.165) is 11.6 Å². The van der Waals surface area contributed by atoms with E-state index in [1.54, 1.807) is 34.9 Å². The number of rotatable bonds is 3. The zero-order chi connectivity index (χ0) is 18.1. The molecule has 0 aliphatic heterocycles. The summed E-state index contributed by atoms with van der Waals surface area (Å²) in [5.74, 6) is -0.928. The number of carbonyl (C=O) groups excluding carboxylic acids is 1. The van der Waals surface area contributed by atoms with E-state index in [4.69, 9.17) is 9.15 Å². The van der Waals surface area contributed by atoms with Gasteiger partial charge in [0, 0.05) is 24.0 Å². The fraction of sp³-hybridized carbons (Fsp3) is 0.0500. The molecule has 0 fully saturated rings. The number of carbonyl (C=O) groups is 1. The molecule has 4 aromatic rings. The summed E-state index contributed by atoms with van der Waals surface area (Å²) in [6.45, 7) is -0.0973. The molecular formula is C20H12N2O4. The van der Waals surface area contributed by atoms with Crippen LogP contribution in [0.4, 0.5) is 0 Å². The molecular weight excluding hydrogens is 332 g/mol. The topological polar surface area (TPSA) is 84.7 Å². The molecule has 0 aliphatic rings. The molecule has 0 atom stereocenters. The average molecular weight is 344 g/mol. The minimum Gasteiger partial charge on any atom is -0.455 e. The van der Waals surface area contributed by atoms with E-state index in [2.05, 4.69) is 6.07 Å². The summed E-state index contributed by atoms with van der Waals surface area (Å²) in [4.78, 5) is 24.4. The molecule has 3 aromatic heterocycles. The van der Waals surface area contributed by atoms with Crippen LogP contribution in [0.5, 0.6) is 0 Å². The molecule has 0 bridgehead atoms. The van der Waals surface area contributed by atoms with E-state index in [1.165, 1.54) is 0 Å². The van der Waals surface area contributed by atoms with Crippen LogP contribution < -0.4 is 5.43 Å². The maximum Gasteiger partial charge on any atom is 0.374 e. The zero-order valence-electron chi connectivity index (χ0n) is 13.5. The van der Waals surface area contributed by atoms with E-state index in [0.29, 0.717) is 22.1 Å². The van der Waals surface area contributed by atoms with Crippen LogP contribution in [0, 0.1) is 11.3 Å². The van der Waals surface area contributed by atoms with Crippen molar-refractivity contribution in [2.75, 3.05) is 0 Å². The molecule has 0 unspecified atom stereocenters. The number of para-hydroxylation sites is 1. The van der Waals surface area contributed by atoms with Crippen molar-refractivity contribution in [2.24, 2.45) is 0 Å². The molecule has 0 spiro atoms. The van der Waals surface area contributed by atoms with Gasteiger partial charge in [0.2, 0.25) is 5.76 Å². The number of aromatic nitrogens is 1. The van der Waals surface area contributed by atoms with E-state index in [9.17, 15) is 14.9 Å². The second-order valence-electron chi connectivity index (χ2n) is 5.68. The second kappa shape index (κ2) is 6.22. The number of benzene rings is 1. The van der Waals surface area contributed by atoms with Gasteiger partial charge in [0.15, 0.2) is 5.43 Å². The first-order valence-electron chi connectivity index (χ1n) is 7.86. The molecule has 3 heterocycles. The highest BCUT2D eigenvalue weighted by Crippen LogP contribution is 2.19. The molecule has 4 rings (SSSR count). The average Bonchev–Trinajstić information content (AvgIpc) is 3.03. The molecule has 0 radical (unpaired) electrons. The van der Waals surface area contributed by atoms with Crippen molar-refractivity contribution in [1.29, 1.82) is 5.26 Å². The Labute approximate surface area is 147 Å². The molecule has 0 amide bonds. The summed E-state index contributed by atoms with van der Waals surface area (Å²) in [5, 5.41) is 9.78. The largest absolute Gasteiger partial charge is 0.455 e. The SMILES string of the molecule is N#Cc1c(COC(=O)c2cc(=O)c3ccccc3o2)cn2ccccc12. The summed E-state index contributed by atoms with van der Waals surface area (Å²) in [6.07, 6.45) is 3.54. The normalized spacial score (nSPS) is 10.7. The lowest BCUT2D eigenvalue weighted by atomic mass is 10.2. The van der Waals surface area contributed by atoms with Crippen molar-refractivity contribution in [3.8, 4) is 6.07 Å². The van der Waals surface area contributed by atoms with Crippen LogP contribution in [0.3, 0.4) is 0 Å². The van der Waals surface area contributed by atoms with E-state index >= 15 is 0 Å². The molecule has 1 aromatic carbocycles. The van der Waals surface area contributed by atoms with Crippen molar-refractivity contribution in [1.82, 2.24) is 4.40 Å². The van der Waals surface area contributed by atoms with Crippen molar-refractivity contribution >= 4 is 22.5 Å². The Morgan fingerprint density at radius 3 is 2.85 bits per heavy atom. The van der Waals surface area contributed by atoms with Crippen LogP contribution in [0.25, 0.3) is 16.5 Å². The van der Waals surface area contributed by atoms with Gasteiger partial charge in [0.05, 0.1) is 16.5 Å². The van der Waals surface area contributed by atoms with Crippen LogP contribution in [0.15, 0.2) is 70.1 Å². The van der Waals surface area contributed by atoms with Crippen molar-refractivity contribution < 1.29 is 13.9 Å². The minimum atomic E-state index is -0.757. The Bertz CT molecular complexity index is 1240. The van der Waals surface area contributed by atoms with Gasteiger partial charge in [0.1, 0.15) is 18.3 Å². The summed E-state index contributed by atoms with van der Waals surface area (Å²) in [6, 6.07) is 15.4. The number of nitriles is 1. The fourth-order valence-corrected chi connectivity index (χ4v) is 2.83. The van der Waals surface area contributed by atoms with Gasteiger partial charge in [-0.25, -0.2) is 4.79 Å². The third kappa shape index (κ3) is 2.62. The molecule has 0 saturated heterocycles. The van der Waals surface area contributed by atoms with Gasteiger partial charge in [-0.3, -0.25) is 4.79 Å². The Kier molecular flexibility index (Phi) is 3.75. The number of nitrogens with zero attached hydrogens (tertiary/aromatic N) is 2. The first kappa shape index (κ1) is 15.7. The standard InChI is InChI=1S/C20H12N2O4/c21-10-15-13(11-22-8-4-3-6-16(15)22)12-25-20(24)19-9-17(23)14-5-1-2-7-18(14)26-19/h1-9,11H,12H2. The molecule has 6 heteroatoms. The highest BCUT2D eigenvalue weighted by molar-refractivity contribution is 5.89. The van der Waals surface area contributed by atoms with Gasteiger partial charge in [0.25, 0.3) is 0 Å². The van der Waals surface area contributed by atoms with Crippen LogP contribution in [-0.4, -0.2) is 10.4 Å². The van der Waals surface area contributed by atoms with Gasteiger partial charge in [-0.1, -0.05) is 18.2 Å². The molecule has 0 N–H and O–H groups in total. The van der Waals surface area contributed by atoms with Crippen LogP contribution in [0.1, 0.15) is 21.7 Å². The number of pyridine rings is 1. The number of hydrogen-bond acceptors (Lipinski definition) is 5. The van der Waals surface area contributed by atoms with Crippen LogP contribution in [0.2, 0.25) is 0 Å². The second-order valence-corrected chi connectivity index (χ2v) is 5.68. The Hall–Kier alpha value is -3.85. The predicted octanol–water partition coefficient (Wildman–Crippen LogP) is 3.27. The van der Waals surface area contributed by atoms with E-state index in [1.807, 2.05) is 24.4 Å². The van der Waals surface area contributed by atoms with Gasteiger partial charge in [-0.05, 0) is 24.3 Å². The first-order valence-corrected chi connectivity index (χ1v) is 7.86. The summed E-state index contributed by atoms with van der Waals surface area (Å²) >= 11 is 0. The van der Waals surface area contributed by atoms with Crippen molar-refractivity contribution in [3.63, 3.8) is 0 Å². The van der Waals surface area contributed by atoms with Gasteiger partial charge < -0.3 is 13.6 Å². The Morgan fingerprint density at radius 2 is 2.00 bits per heavy atom. The quantitative estimate of drug-likeness (QED) is 0.533. The lowest BCUT2D eigenvalue weighted by Crippen LogP contribution is -2.10. The van der Waals surface area contributed by atoms with E-state index in [-0.39, 0.29) is 17.8 Å². The molecule has 0 aliphatic carbocycles. The molecule has 126 valence electrons. The zero-order valence-corrected chi connectivity index (χ0v) is 13.5. The third-order valence-corrected chi connectivity index (χ3v) is 4.07. The highest BCUT2D eigenvalue weighted by Gasteiger charge is 2.16. The maximum absolute atomic E-state index is 12.3. The number of ether oxygens (including phenoxy) is 1. The van der Waals surface area contributed by atoms with Crippen molar-refractivity contribution in [3.05, 3.63) is 88.0 Å². The molecule has 0 saturated carbocycles. The van der Waals surface area contributed by atoms with Crippen molar-refractivity contribution in [2.45, 2.75) is 6.61 Å². The number of hydrogen-bond donors (Lipinski definition) is 0. The first-order chi connectivity index (χ1) is 12.7. The Morgan fingerprint density at radius 1 is 1.19 bits per heavy atom. The molecule has 26 heavy (non-hydrogen) atoms. The highest BCUT2D eigenvalue weighted by atomic mass is 16.5. The lowest BCUT2D eigenvalue weighted by Gasteiger charge is -2.04. The fourth-order valence-electron chi connectivity index (χ4n) is 2.83. The summed E-state index contributed by atoms with van der Waals surface area (Å²) < 4.78 is 12.5. The van der Waals surface area contributed by atoms with E-state index < -0.39 is 5.97 Å². The van der Waals surface area contributed by atoms with Crippen LogP contribution >= 0.6 is 0 Å². The smallest absolute Gasteiger partial charge is 0.374 e. The summed E-state index contributed by atoms with van der Waals surface area (Å²) in [7, 11) is 0. The summed E-state index contributed by atoms with van der Waals surface area (Å²) in [5.41, 5.74) is 1.76. The van der Waals surface area contributed by atoms with Gasteiger partial charge >= 0.3 is 5.97 Å². The monoisotopic (exact) mass is 344 g/mol. The van der Waals surface area contributed by atoms with Gasteiger partial charge in [-0.15, -0.1) is 0 Å². The van der Waals surface area contributed by atoms with Gasteiger partial charge in [-0.2, -0.15) is 5.26 Å². The number of fused-ring (bicyclic) bond motifs is 2. The lowest BCUT2D eigenvalue weighted by molar-refractivity contribution is 0.0436. The number of esters is 1. The maximum atomic E-state index is 12.3. The molecule has 6 nitrogen and oxygen atoms in total. The minimum absolute atomic E-state index is 0.0973. The predicted molar refractivity (Wildman–Crippen MR) is 93.7 cm³/mol. The van der Waals surface area contributed by atoms with Crippen LogP contribution in [-0.2, 0) is 11.3 Å². The Balaban J connectivity index is 1.62. The third-order valence-electron chi connectivity index (χ3n) is 4.07.